The molecular formula is C14H19NO3. The molecule has 1 rings (SSSR count). The van der Waals surface area contributed by atoms with Crippen LogP contribution in [0.2, 0.25) is 0 Å². The number of carbonyl (C=O) groups excluding carboxylic acids is 1. The van der Waals surface area contributed by atoms with E-state index in [1.165, 1.54) is 0 Å². The maximum atomic E-state index is 12.0. The summed E-state index contributed by atoms with van der Waals surface area (Å²) in [5.41, 5.74) is 1.97. The third kappa shape index (κ3) is 4.20. The minimum Gasteiger partial charge on any atom is -0.481 e. The van der Waals surface area contributed by atoms with Crippen molar-refractivity contribution in [3.8, 4) is 0 Å². The lowest BCUT2D eigenvalue weighted by molar-refractivity contribution is -0.137. The number of rotatable bonds is 6. The van der Waals surface area contributed by atoms with Gasteiger partial charge < -0.3 is 10.0 Å². The van der Waals surface area contributed by atoms with Crippen molar-refractivity contribution >= 4 is 17.6 Å². The van der Waals surface area contributed by atoms with Crippen molar-refractivity contribution in [2.24, 2.45) is 0 Å². The van der Waals surface area contributed by atoms with E-state index in [1.807, 2.05) is 38.1 Å². The average molecular weight is 249 g/mol. The smallest absolute Gasteiger partial charge is 0.303 e. The summed E-state index contributed by atoms with van der Waals surface area (Å²) >= 11 is 0. The summed E-state index contributed by atoms with van der Waals surface area (Å²) in [6.45, 7) is 4.49. The van der Waals surface area contributed by atoms with Crippen LogP contribution >= 0.6 is 0 Å². The number of aryl methyl sites for hydroxylation is 1. The van der Waals surface area contributed by atoms with Crippen molar-refractivity contribution in [3.05, 3.63) is 29.8 Å². The Labute approximate surface area is 107 Å². The number of amides is 1. The lowest BCUT2D eigenvalue weighted by Gasteiger charge is -2.21. The molecule has 1 amide bonds. The predicted molar refractivity (Wildman–Crippen MR) is 70.7 cm³/mol. The second kappa shape index (κ2) is 6.79. The molecule has 0 atom stereocenters. The predicted octanol–water partition coefficient (Wildman–Crippen LogP) is 2.60. The molecule has 0 unspecified atom stereocenters. The van der Waals surface area contributed by atoms with Crippen molar-refractivity contribution in [3.63, 3.8) is 0 Å². The first-order valence-electron chi connectivity index (χ1n) is 6.13. The number of hydrogen-bond donors (Lipinski definition) is 1. The van der Waals surface area contributed by atoms with Gasteiger partial charge >= 0.3 is 5.97 Å². The summed E-state index contributed by atoms with van der Waals surface area (Å²) in [6.07, 6.45) is 0.696. The van der Waals surface area contributed by atoms with E-state index >= 15 is 0 Å². The SMILES string of the molecule is CCN(C(=O)CCCC(=O)O)c1cccc(C)c1. The van der Waals surface area contributed by atoms with Gasteiger partial charge in [0, 0.05) is 25.1 Å². The van der Waals surface area contributed by atoms with Gasteiger partial charge in [0.15, 0.2) is 0 Å². The fourth-order valence-corrected chi connectivity index (χ4v) is 1.82. The number of carboxylic acids is 1. The van der Waals surface area contributed by atoms with Gasteiger partial charge in [-0.1, -0.05) is 12.1 Å². The Morgan fingerprint density at radius 1 is 1.28 bits per heavy atom. The molecule has 18 heavy (non-hydrogen) atoms. The molecular weight excluding hydrogens is 230 g/mol. The Morgan fingerprint density at radius 3 is 2.56 bits per heavy atom. The fourth-order valence-electron chi connectivity index (χ4n) is 1.82. The van der Waals surface area contributed by atoms with E-state index in [1.54, 1.807) is 4.90 Å². The summed E-state index contributed by atoms with van der Waals surface area (Å²) in [5.74, 6) is -0.884. The molecule has 0 fully saturated rings. The van der Waals surface area contributed by atoms with E-state index in [0.717, 1.165) is 11.3 Å². The zero-order valence-corrected chi connectivity index (χ0v) is 10.8. The van der Waals surface area contributed by atoms with Crippen molar-refractivity contribution < 1.29 is 14.7 Å². The third-order valence-corrected chi connectivity index (χ3v) is 2.71. The van der Waals surface area contributed by atoms with Crippen LogP contribution in [0.25, 0.3) is 0 Å². The van der Waals surface area contributed by atoms with Crippen LogP contribution in [0.15, 0.2) is 24.3 Å². The van der Waals surface area contributed by atoms with E-state index in [9.17, 15) is 9.59 Å². The van der Waals surface area contributed by atoms with E-state index in [-0.39, 0.29) is 18.7 Å². The molecule has 4 heteroatoms. The standard InChI is InChI=1S/C14H19NO3/c1-3-15(12-7-4-6-11(2)10-12)13(16)8-5-9-14(17)18/h4,6-7,10H,3,5,8-9H2,1-2H3,(H,17,18). The van der Waals surface area contributed by atoms with Gasteiger partial charge in [0.2, 0.25) is 5.91 Å². The van der Waals surface area contributed by atoms with Crippen molar-refractivity contribution in [2.75, 3.05) is 11.4 Å². The molecule has 0 heterocycles. The molecule has 1 N–H and O–H groups in total. The molecule has 0 saturated carbocycles. The zero-order chi connectivity index (χ0) is 13.5. The molecule has 0 aliphatic heterocycles. The number of carboxylic acid groups (broad SMARTS) is 1. The van der Waals surface area contributed by atoms with Gasteiger partial charge in [-0.15, -0.1) is 0 Å². The molecule has 0 saturated heterocycles. The molecule has 0 aromatic heterocycles. The highest BCUT2D eigenvalue weighted by Gasteiger charge is 2.13. The van der Waals surface area contributed by atoms with Gasteiger partial charge in [0.05, 0.1) is 0 Å². The maximum Gasteiger partial charge on any atom is 0.303 e. The fraction of sp³-hybridized carbons (Fsp3) is 0.429. The molecule has 1 aromatic carbocycles. The Hall–Kier alpha value is -1.84. The topological polar surface area (TPSA) is 57.6 Å². The normalized spacial score (nSPS) is 10.1. The zero-order valence-electron chi connectivity index (χ0n) is 10.8. The lowest BCUT2D eigenvalue weighted by Crippen LogP contribution is -2.30. The Balaban J connectivity index is 2.65. The largest absolute Gasteiger partial charge is 0.481 e. The first-order chi connectivity index (χ1) is 8.54. The Morgan fingerprint density at radius 2 is 2.00 bits per heavy atom. The summed E-state index contributed by atoms with van der Waals surface area (Å²) in [5, 5.41) is 8.55. The van der Waals surface area contributed by atoms with Gasteiger partial charge in [-0.25, -0.2) is 0 Å². The number of carbonyl (C=O) groups is 2. The molecule has 0 aliphatic carbocycles. The van der Waals surface area contributed by atoms with Crippen LogP contribution < -0.4 is 4.90 Å². The van der Waals surface area contributed by atoms with Gasteiger partial charge in [-0.3, -0.25) is 9.59 Å². The molecule has 4 nitrogen and oxygen atoms in total. The highest BCUT2D eigenvalue weighted by atomic mass is 16.4. The molecule has 1 aromatic rings. The van der Waals surface area contributed by atoms with Crippen LogP contribution in [0.1, 0.15) is 31.7 Å². The first kappa shape index (κ1) is 14.2. The Bertz CT molecular complexity index is 429. The Kier molecular flexibility index (Phi) is 5.36. The number of nitrogens with zero attached hydrogens (tertiary/aromatic N) is 1. The van der Waals surface area contributed by atoms with E-state index < -0.39 is 5.97 Å². The minimum absolute atomic E-state index is 0.0237. The highest BCUT2D eigenvalue weighted by molar-refractivity contribution is 5.93. The van der Waals surface area contributed by atoms with Crippen LogP contribution in [-0.4, -0.2) is 23.5 Å². The molecule has 0 spiro atoms. The van der Waals surface area contributed by atoms with Gasteiger partial charge in [-0.05, 0) is 38.0 Å². The third-order valence-electron chi connectivity index (χ3n) is 2.71. The second-order valence-corrected chi connectivity index (χ2v) is 4.22. The van der Waals surface area contributed by atoms with Crippen LogP contribution in [0.5, 0.6) is 0 Å². The highest BCUT2D eigenvalue weighted by Crippen LogP contribution is 2.17. The van der Waals surface area contributed by atoms with Crippen LogP contribution in [-0.2, 0) is 9.59 Å². The summed E-state index contributed by atoms with van der Waals surface area (Å²) in [4.78, 5) is 24.1. The molecule has 98 valence electrons. The van der Waals surface area contributed by atoms with E-state index in [2.05, 4.69) is 0 Å². The monoisotopic (exact) mass is 249 g/mol. The van der Waals surface area contributed by atoms with Crippen molar-refractivity contribution in [1.82, 2.24) is 0 Å². The molecule has 0 aliphatic rings. The van der Waals surface area contributed by atoms with Gasteiger partial charge in [0.1, 0.15) is 0 Å². The average Bonchev–Trinajstić information content (AvgIpc) is 2.29. The number of aliphatic carboxylic acids is 1. The number of benzene rings is 1. The quantitative estimate of drug-likeness (QED) is 0.843. The summed E-state index contributed by atoms with van der Waals surface area (Å²) in [7, 11) is 0. The summed E-state index contributed by atoms with van der Waals surface area (Å²) < 4.78 is 0. The number of anilines is 1. The molecule has 0 radical (unpaired) electrons. The molecule has 0 bridgehead atoms. The van der Waals surface area contributed by atoms with Crippen LogP contribution in [0.4, 0.5) is 5.69 Å². The number of hydrogen-bond acceptors (Lipinski definition) is 2. The summed E-state index contributed by atoms with van der Waals surface area (Å²) in [6, 6.07) is 7.74. The van der Waals surface area contributed by atoms with Gasteiger partial charge in [-0.2, -0.15) is 0 Å². The maximum absolute atomic E-state index is 12.0. The van der Waals surface area contributed by atoms with Crippen LogP contribution in [0, 0.1) is 6.92 Å². The van der Waals surface area contributed by atoms with Crippen molar-refractivity contribution in [1.29, 1.82) is 0 Å². The van der Waals surface area contributed by atoms with Crippen molar-refractivity contribution in [2.45, 2.75) is 33.1 Å². The van der Waals surface area contributed by atoms with Gasteiger partial charge in [0.25, 0.3) is 0 Å². The first-order valence-corrected chi connectivity index (χ1v) is 6.13. The second-order valence-electron chi connectivity index (χ2n) is 4.22. The lowest BCUT2D eigenvalue weighted by atomic mass is 10.1. The minimum atomic E-state index is -0.860. The van der Waals surface area contributed by atoms with E-state index in [0.29, 0.717) is 13.0 Å². The van der Waals surface area contributed by atoms with Crippen LogP contribution in [0.3, 0.4) is 0 Å². The van der Waals surface area contributed by atoms with E-state index in [4.69, 9.17) is 5.11 Å².